The normalized spacial score (nSPS) is 15.7. The number of hydrogen-bond acceptors (Lipinski definition) is 3. The van der Waals surface area contributed by atoms with E-state index >= 15 is 0 Å². The van der Waals surface area contributed by atoms with Gasteiger partial charge in [0.05, 0.1) is 17.8 Å². The first-order valence-corrected chi connectivity index (χ1v) is 7.25. The van der Waals surface area contributed by atoms with E-state index in [-0.39, 0.29) is 0 Å². The molecule has 1 atom stereocenters. The van der Waals surface area contributed by atoms with Gasteiger partial charge in [-0.25, -0.2) is 9.48 Å². The first-order valence-electron chi connectivity index (χ1n) is 7.25. The molecule has 1 saturated carbocycles. The van der Waals surface area contributed by atoms with Gasteiger partial charge in [-0.05, 0) is 43.4 Å². The average molecular weight is 285 g/mol. The molecule has 1 heterocycles. The van der Waals surface area contributed by atoms with Crippen LogP contribution in [0.1, 0.15) is 41.7 Å². The maximum atomic E-state index is 11.0. The lowest BCUT2D eigenvalue weighted by molar-refractivity contribution is 0.0697. The molecule has 1 aromatic carbocycles. The SMILES string of the molecule is CC(C1CC1)n1nccc1NCc1cccc(C(=O)O)c1. The average Bonchev–Trinajstić information content (AvgIpc) is 3.23. The third kappa shape index (κ3) is 3.07. The van der Waals surface area contributed by atoms with E-state index in [0.717, 1.165) is 17.3 Å². The van der Waals surface area contributed by atoms with E-state index in [1.807, 2.05) is 16.8 Å². The van der Waals surface area contributed by atoms with Crippen LogP contribution in [0.15, 0.2) is 36.5 Å². The van der Waals surface area contributed by atoms with E-state index < -0.39 is 5.97 Å². The van der Waals surface area contributed by atoms with E-state index in [0.29, 0.717) is 18.2 Å². The van der Waals surface area contributed by atoms with Crippen LogP contribution in [0.4, 0.5) is 5.82 Å². The summed E-state index contributed by atoms with van der Waals surface area (Å²) < 4.78 is 2.03. The molecule has 0 aliphatic heterocycles. The number of carboxylic acids is 1. The summed E-state index contributed by atoms with van der Waals surface area (Å²) in [6.07, 6.45) is 4.36. The predicted molar refractivity (Wildman–Crippen MR) is 80.4 cm³/mol. The van der Waals surface area contributed by atoms with Crippen molar-refractivity contribution in [2.24, 2.45) is 5.92 Å². The number of anilines is 1. The summed E-state index contributed by atoms with van der Waals surface area (Å²) >= 11 is 0. The molecule has 0 saturated heterocycles. The summed E-state index contributed by atoms with van der Waals surface area (Å²) in [7, 11) is 0. The molecule has 1 aromatic heterocycles. The fraction of sp³-hybridized carbons (Fsp3) is 0.375. The van der Waals surface area contributed by atoms with E-state index in [9.17, 15) is 4.79 Å². The van der Waals surface area contributed by atoms with Gasteiger partial charge in [-0.3, -0.25) is 0 Å². The molecular formula is C16H19N3O2. The predicted octanol–water partition coefficient (Wildman–Crippen LogP) is 3.16. The van der Waals surface area contributed by atoms with Crippen LogP contribution in [0.2, 0.25) is 0 Å². The van der Waals surface area contributed by atoms with E-state index in [1.165, 1.54) is 12.8 Å². The molecule has 3 rings (SSSR count). The van der Waals surface area contributed by atoms with Crippen LogP contribution in [-0.4, -0.2) is 20.9 Å². The van der Waals surface area contributed by atoms with Crippen molar-refractivity contribution in [3.05, 3.63) is 47.7 Å². The minimum absolute atomic E-state index is 0.314. The summed E-state index contributed by atoms with van der Waals surface area (Å²) in [4.78, 5) is 11.0. The molecule has 1 aliphatic rings. The Morgan fingerprint density at radius 2 is 2.29 bits per heavy atom. The van der Waals surface area contributed by atoms with Gasteiger partial charge in [0, 0.05) is 12.6 Å². The molecule has 1 aliphatic carbocycles. The van der Waals surface area contributed by atoms with Crippen molar-refractivity contribution in [3.8, 4) is 0 Å². The minimum atomic E-state index is -0.899. The Bertz CT molecular complexity index is 646. The Labute approximate surface area is 123 Å². The summed E-state index contributed by atoms with van der Waals surface area (Å²) in [6, 6.07) is 9.36. The quantitative estimate of drug-likeness (QED) is 0.855. The Morgan fingerprint density at radius 1 is 1.48 bits per heavy atom. The number of nitrogens with one attached hydrogen (secondary N) is 1. The summed E-state index contributed by atoms with van der Waals surface area (Å²) in [5, 5.41) is 16.8. The number of nitrogens with zero attached hydrogens (tertiary/aromatic N) is 2. The highest BCUT2D eigenvalue weighted by Crippen LogP contribution is 2.40. The van der Waals surface area contributed by atoms with Gasteiger partial charge in [-0.1, -0.05) is 12.1 Å². The highest BCUT2D eigenvalue weighted by Gasteiger charge is 2.30. The van der Waals surface area contributed by atoms with Gasteiger partial charge >= 0.3 is 5.97 Å². The first-order chi connectivity index (χ1) is 10.1. The zero-order chi connectivity index (χ0) is 14.8. The van der Waals surface area contributed by atoms with Gasteiger partial charge in [-0.15, -0.1) is 0 Å². The van der Waals surface area contributed by atoms with E-state index in [2.05, 4.69) is 17.3 Å². The molecule has 0 amide bonds. The molecule has 5 nitrogen and oxygen atoms in total. The second-order valence-electron chi connectivity index (χ2n) is 5.60. The molecule has 21 heavy (non-hydrogen) atoms. The fourth-order valence-corrected chi connectivity index (χ4v) is 2.56. The minimum Gasteiger partial charge on any atom is -0.478 e. The van der Waals surface area contributed by atoms with E-state index in [4.69, 9.17) is 5.11 Å². The first kappa shape index (κ1) is 13.7. The van der Waals surface area contributed by atoms with Gasteiger partial charge in [0.1, 0.15) is 5.82 Å². The molecule has 2 aromatic rings. The smallest absolute Gasteiger partial charge is 0.335 e. The third-order valence-corrected chi connectivity index (χ3v) is 4.01. The number of carbonyl (C=O) groups is 1. The lowest BCUT2D eigenvalue weighted by atomic mass is 10.1. The molecule has 110 valence electrons. The van der Waals surface area contributed by atoms with Crippen molar-refractivity contribution in [1.29, 1.82) is 0 Å². The highest BCUT2D eigenvalue weighted by molar-refractivity contribution is 5.87. The molecule has 0 bridgehead atoms. The van der Waals surface area contributed by atoms with Crippen LogP contribution in [0.3, 0.4) is 0 Å². The van der Waals surface area contributed by atoms with Gasteiger partial charge in [0.15, 0.2) is 0 Å². The molecule has 2 N–H and O–H groups in total. The maximum absolute atomic E-state index is 11.0. The molecule has 0 spiro atoms. The summed E-state index contributed by atoms with van der Waals surface area (Å²) in [5.74, 6) is 0.820. The van der Waals surface area contributed by atoms with Crippen molar-refractivity contribution in [1.82, 2.24) is 9.78 Å². The standard InChI is InChI=1S/C16H19N3O2/c1-11(13-5-6-13)19-15(7-8-18-19)17-10-12-3-2-4-14(9-12)16(20)21/h2-4,7-9,11,13,17H,5-6,10H2,1H3,(H,20,21). The van der Waals surface area contributed by atoms with Crippen LogP contribution in [0, 0.1) is 5.92 Å². The molecule has 1 unspecified atom stereocenters. The van der Waals surface area contributed by atoms with Crippen LogP contribution in [-0.2, 0) is 6.54 Å². The Hall–Kier alpha value is -2.30. The summed E-state index contributed by atoms with van der Waals surface area (Å²) in [6.45, 7) is 2.78. The number of rotatable bonds is 6. The fourth-order valence-electron chi connectivity index (χ4n) is 2.56. The van der Waals surface area contributed by atoms with Crippen molar-refractivity contribution < 1.29 is 9.90 Å². The molecule has 0 radical (unpaired) electrons. The second kappa shape index (κ2) is 5.60. The molecular weight excluding hydrogens is 266 g/mol. The Morgan fingerprint density at radius 3 is 3.00 bits per heavy atom. The summed E-state index contributed by atoms with van der Waals surface area (Å²) in [5.41, 5.74) is 1.26. The lowest BCUT2D eigenvalue weighted by Crippen LogP contribution is -2.13. The highest BCUT2D eigenvalue weighted by atomic mass is 16.4. The maximum Gasteiger partial charge on any atom is 0.335 e. The number of hydrogen-bond donors (Lipinski definition) is 2. The van der Waals surface area contributed by atoms with Gasteiger partial charge in [0.2, 0.25) is 0 Å². The molecule has 5 heteroatoms. The van der Waals surface area contributed by atoms with Gasteiger partial charge < -0.3 is 10.4 Å². The van der Waals surface area contributed by atoms with Crippen molar-refractivity contribution in [2.75, 3.05) is 5.32 Å². The number of aromatic nitrogens is 2. The Balaban J connectivity index is 1.69. The van der Waals surface area contributed by atoms with E-state index in [1.54, 1.807) is 24.4 Å². The number of aromatic carboxylic acids is 1. The Kier molecular flexibility index (Phi) is 3.64. The van der Waals surface area contributed by atoms with Crippen molar-refractivity contribution >= 4 is 11.8 Å². The van der Waals surface area contributed by atoms with Gasteiger partial charge in [-0.2, -0.15) is 5.10 Å². The van der Waals surface area contributed by atoms with Crippen LogP contribution >= 0.6 is 0 Å². The monoisotopic (exact) mass is 285 g/mol. The topological polar surface area (TPSA) is 67.2 Å². The van der Waals surface area contributed by atoms with Gasteiger partial charge in [0.25, 0.3) is 0 Å². The van der Waals surface area contributed by atoms with Crippen LogP contribution < -0.4 is 5.32 Å². The number of carboxylic acid groups (broad SMARTS) is 1. The van der Waals surface area contributed by atoms with Crippen molar-refractivity contribution in [3.63, 3.8) is 0 Å². The third-order valence-electron chi connectivity index (χ3n) is 4.01. The van der Waals surface area contributed by atoms with Crippen molar-refractivity contribution in [2.45, 2.75) is 32.4 Å². The number of benzene rings is 1. The van der Waals surface area contributed by atoms with Crippen LogP contribution in [0.5, 0.6) is 0 Å². The van der Waals surface area contributed by atoms with Crippen LogP contribution in [0.25, 0.3) is 0 Å². The largest absolute Gasteiger partial charge is 0.478 e. The second-order valence-corrected chi connectivity index (χ2v) is 5.60. The lowest BCUT2D eigenvalue weighted by Gasteiger charge is -2.16. The zero-order valence-electron chi connectivity index (χ0n) is 12.0. The molecule has 1 fully saturated rings. The zero-order valence-corrected chi connectivity index (χ0v) is 12.0.